The lowest BCUT2D eigenvalue weighted by Crippen LogP contribution is -2.46. The van der Waals surface area contributed by atoms with Gasteiger partial charge in [-0.3, -0.25) is 14.5 Å². The van der Waals surface area contributed by atoms with Crippen molar-refractivity contribution in [1.29, 1.82) is 0 Å². The maximum atomic E-state index is 12.4. The maximum absolute atomic E-state index is 12.4. The fourth-order valence-corrected chi connectivity index (χ4v) is 3.43. The molecule has 0 aliphatic carbocycles. The van der Waals surface area contributed by atoms with Crippen LogP contribution in [0, 0.1) is 0 Å². The number of hydrogen-bond acceptors (Lipinski definition) is 5. The predicted molar refractivity (Wildman–Crippen MR) is 110 cm³/mol. The van der Waals surface area contributed by atoms with Crippen molar-refractivity contribution in [3.63, 3.8) is 0 Å². The lowest BCUT2D eigenvalue weighted by atomic mass is 10.1. The Bertz CT molecular complexity index is 830. The number of aryl methyl sites for hydroxylation is 1. The number of anilines is 1. The molecular formula is C21H28N4O4. The summed E-state index contributed by atoms with van der Waals surface area (Å²) in [5.41, 5.74) is 1.55. The quantitative estimate of drug-likeness (QED) is 0.689. The van der Waals surface area contributed by atoms with Gasteiger partial charge >= 0.3 is 11.8 Å². The van der Waals surface area contributed by atoms with E-state index in [1.54, 1.807) is 18.2 Å². The summed E-state index contributed by atoms with van der Waals surface area (Å²) >= 11 is 0. The normalized spacial score (nSPS) is 15.5. The third-order valence-electron chi connectivity index (χ3n) is 4.91. The molecule has 2 amide bonds. The van der Waals surface area contributed by atoms with Crippen LogP contribution in [0.2, 0.25) is 0 Å². The minimum atomic E-state index is -0.718. The summed E-state index contributed by atoms with van der Waals surface area (Å²) in [7, 11) is 1.97. The van der Waals surface area contributed by atoms with E-state index in [1.807, 2.05) is 42.9 Å². The highest BCUT2D eigenvalue weighted by atomic mass is 16.5. The van der Waals surface area contributed by atoms with Gasteiger partial charge in [0.1, 0.15) is 5.75 Å². The van der Waals surface area contributed by atoms with Crippen LogP contribution in [-0.2, 0) is 21.4 Å². The van der Waals surface area contributed by atoms with Crippen LogP contribution in [0.15, 0.2) is 42.6 Å². The van der Waals surface area contributed by atoms with Crippen molar-refractivity contribution in [2.75, 3.05) is 44.8 Å². The second-order valence-electron chi connectivity index (χ2n) is 6.80. The molecule has 1 atom stereocenters. The Hall–Kier alpha value is -2.84. The molecule has 8 heteroatoms. The summed E-state index contributed by atoms with van der Waals surface area (Å²) in [6.45, 7) is 5.53. The van der Waals surface area contributed by atoms with Crippen molar-refractivity contribution in [2.24, 2.45) is 7.05 Å². The number of para-hydroxylation sites is 2. The molecule has 1 aromatic carbocycles. The Labute approximate surface area is 170 Å². The second kappa shape index (κ2) is 10.1. The van der Waals surface area contributed by atoms with Gasteiger partial charge in [-0.25, -0.2) is 0 Å². The van der Waals surface area contributed by atoms with Crippen molar-refractivity contribution in [3.8, 4) is 5.75 Å². The molecule has 3 rings (SSSR count). The number of nitrogens with zero attached hydrogens (tertiary/aromatic N) is 2. The standard InChI is InChI=1S/C21H28N4O4/c1-3-29-19-9-5-4-7-16(19)23-21(27)20(26)22-15-18(17-8-6-10-24(17)2)25-11-13-28-14-12-25/h4-10,18H,3,11-15H2,1-2H3,(H,22,26)(H,23,27). The first-order valence-corrected chi connectivity index (χ1v) is 9.84. The van der Waals surface area contributed by atoms with Crippen molar-refractivity contribution in [1.82, 2.24) is 14.8 Å². The molecule has 2 aromatic rings. The number of amides is 2. The van der Waals surface area contributed by atoms with Crippen LogP contribution in [0.4, 0.5) is 5.69 Å². The van der Waals surface area contributed by atoms with Crippen molar-refractivity contribution in [3.05, 3.63) is 48.3 Å². The highest BCUT2D eigenvalue weighted by Crippen LogP contribution is 2.24. The number of nitrogens with one attached hydrogen (secondary N) is 2. The van der Waals surface area contributed by atoms with Crippen LogP contribution < -0.4 is 15.4 Å². The van der Waals surface area contributed by atoms with Crippen LogP contribution in [0.25, 0.3) is 0 Å². The molecule has 1 aromatic heterocycles. The lowest BCUT2D eigenvalue weighted by molar-refractivity contribution is -0.136. The lowest BCUT2D eigenvalue weighted by Gasteiger charge is -2.34. The summed E-state index contributed by atoms with van der Waals surface area (Å²) < 4.78 is 13.0. The Balaban J connectivity index is 1.64. The topological polar surface area (TPSA) is 84.8 Å². The number of aromatic nitrogens is 1. The van der Waals surface area contributed by atoms with Gasteiger partial charge in [0.25, 0.3) is 0 Å². The van der Waals surface area contributed by atoms with Crippen LogP contribution in [0.5, 0.6) is 5.75 Å². The van der Waals surface area contributed by atoms with Crippen LogP contribution >= 0.6 is 0 Å². The SMILES string of the molecule is CCOc1ccccc1NC(=O)C(=O)NCC(c1cccn1C)N1CCOCC1. The average Bonchev–Trinajstić information content (AvgIpc) is 3.16. The van der Waals surface area contributed by atoms with Crippen molar-refractivity contribution >= 4 is 17.5 Å². The van der Waals surface area contributed by atoms with E-state index in [1.165, 1.54) is 0 Å². The van der Waals surface area contributed by atoms with E-state index in [4.69, 9.17) is 9.47 Å². The van der Waals surface area contributed by atoms with E-state index in [2.05, 4.69) is 15.5 Å². The monoisotopic (exact) mass is 400 g/mol. The van der Waals surface area contributed by atoms with E-state index < -0.39 is 11.8 Å². The molecule has 2 N–H and O–H groups in total. The molecule has 1 unspecified atom stereocenters. The summed E-state index contributed by atoms with van der Waals surface area (Å²) in [5, 5.41) is 5.41. The smallest absolute Gasteiger partial charge is 0.313 e. The number of morpholine rings is 1. The molecule has 1 fully saturated rings. The summed E-state index contributed by atoms with van der Waals surface area (Å²) in [6.07, 6.45) is 1.97. The van der Waals surface area contributed by atoms with Gasteiger partial charge < -0.3 is 24.7 Å². The Morgan fingerprint density at radius 1 is 1.14 bits per heavy atom. The number of benzene rings is 1. The first kappa shape index (κ1) is 20.9. The molecule has 0 spiro atoms. The predicted octanol–water partition coefficient (Wildman–Crippen LogP) is 1.55. The van der Waals surface area contributed by atoms with E-state index in [0.29, 0.717) is 37.8 Å². The van der Waals surface area contributed by atoms with Gasteiger partial charge in [-0.2, -0.15) is 0 Å². The third-order valence-corrected chi connectivity index (χ3v) is 4.91. The Kier molecular flexibility index (Phi) is 7.26. The van der Waals surface area contributed by atoms with Gasteiger partial charge in [-0.1, -0.05) is 12.1 Å². The highest BCUT2D eigenvalue weighted by molar-refractivity contribution is 6.39. The zero-order chi connectivity index (χ0) is 20.6. The molecule has 1 aliphatic rings. The molecular weight excluding hydrogens is 372 g/mol. The van der Waals surface area contributed by atoms with E-state index in [0.717, 1.165) is 18.8 Å². The Morgan fingerprint density at radius 2 is 1.90 bits per heavy atom. The summed E-state index contributed by atoms with van der Waals surface area (Å²) in [6, 6.07) is 11.0. The maximum Gasteiger partial charge on any atom is 0.313 e. The largest absolute Gasteiger partial charge is 0.492 e. The molecule has 156 valence electrons. The molecule has 1 aliphatic heterocycles. The van der Waals surface area contributed by atoms with Crippen molar-refractivity contribution < 1.29 is 19.1 Å². The van der Waals surface area contributed by atoms with Crippen LogP contribution in [0.1, 0.15) is 18.7 Å². The first-order valence-electron chi connectivity index (χ1n) is 9.84. The molecule has 1 saturated heterocycles. The minimum absolute atomic E-state index is 0.0358. The number of carbonyl (C=O) groups is 2. The van der Waals surface area contributed by atoms with Gasteiger partial charge in [0.05, 0.1) is 31.5 Å². The minimum Gasteiger partial charge on any atom is -0.492 e. The second-order valence-corrected chi connectivity index (χ2v) is 6.80. The van der Waals surface area contributed by atoms with Gasteiger partial charge in [-0.05, 0) is 31.2 Å². The number of carbonyl (C=O) groups excluding carboxylic acids is 2. The van der Waals surface area contributed by atoms with E-state index >= 15 is 0 Å². The number of ether oxygens (including phenoxy) is 2. The third kappa shape index (κ3) is 5.36. The molecule has 0 bridgehead atoms. The fourth-order valence-electron chi connectivity index (χ4n) is 3.43. The molecule has 0 saturated carbocycles. The fraction of sp³-hybridized carbons (Fsp3) is 0.429. The summed E-state index contributed by atoms with van der Waals surface area (Å²) in [4.78, 5) is 27.1. The van der Waals surface area contributed by atoms with E-state index in [-0.39, 0.29) is 6.04 Å². The van der Waals surface area contributed by atoms with Crippen molar-refractivity contribution in [2.45, 2.75) is 13.0 Å². The first-order chi connectivity index (χ1) is 14.1. The average molecular weight is 400 g/mol. The van der Waals surface area contributed by atoms with Gasteiger partial charge in [0, 0.05) is 38.6 Å². The molecule has 8 nitrogen and oxygen atoms in total. The zero-order valence-corrected chi connectivity index (χ0v) is 16.9. The van der Waals surface area contributed by atoms with Crippen LogP contribution in [0.3, 0.4) is 0 Å². The van der Waals surface area contributed by atoms with E-state index in [9.17, 15) is 9.59 Å². The summed E-state index contributed by atoms with van der Waals surface area (Å²) in [5.74, 6) is -0.861. The zero-order valence-electron chi connectivity index (χ0n) is 16.9. The number of rotatable bonds is 7. The van der Waals surface area contributed by atoms with Gasteiger partial charge in [0.15, 0.2) is 0 Å². The highest BCUT2D eigenvalue weighted by Gasteiger charge is 2.26. The molecule has 0 radical (unpaired) electrons. The van der Waals surface area contributed by atoms with Gasteiger partial charge in [0.2, 0.25) is 0 Å². The van der Waals surface area contributed by atoms with Gasteiger partial charge in [-0.15, -0.1) is 0 Å². The molecule has 29 heavy (non-hydrogen) atoms. The molecule has 2 heterocycles. The Morgan fingerprint density at radius 3 is 2.59 bits per heavy atom. The van der Waals surface area contributed by atoms with Crippen LogP contribution in [-0.4, -0.2) is 60.7 Å². The number of hydrogen-bond donors (Lipinski definition) is 2.